The summed E-state index contributed by atoms with van der Waals surface area (Å²) in [6.07, 6.45) is 9.57. The van der Waals surface area contributed by atoms with Crippen LogP contribution in [0.5, 0.6) is 0 Å². The van der Waals surface area contributed by atoms with Crippen LogP contribution in [0.2, 0.25) is 0 Å². The molecule has 200 valence electrons. The van der Waals surface area contributed by atoms with Crippen molar-refractivity contribution in [3.05, 3.63) is 77.9 Å². The molecule has 0 spiro atoms. The number of carbonyl (C=O) groups is 1. The lowest BCUT2D eigenvalue weighted by molar-refractivity contribution is -0.141. The van der Waals surface area contributed by atoms with Gasteiger partial charge in [0, 0.05) is 73.3 Å². The number of hydrogen-bond acceptors (Lipinski definition) is 7. The second-order valence-corrected chi connectivity index (χ2v) is 10.5. The van der Waals surface area contributed by atoms with Crippen molar-refractivity contribution in [3.8, 4) is 17.1 Å². The average Bonchev–Trinajstić information content (AvgIpc) is 3.72. The standard InChI is InChI=1S/C30H32N6O3/c1-30(2,39-21-37)9-11-35-20-24(19-31-35)23-16-25-27(17-23)32-29(18-28(25)34-12-14-38-15-13-34)36-10-8-26(33-36)22-6-4-3-5-7-22/h3-8,10,17-21H,9,11-16H2,1-2H3. The minimum absolute atomic E-state index is 0.508. The Kier molecular flexibility index (Phi) is 6.74. The maximum Gasteiger partial charge on any atom is 0.293 e. The Labute approximate surface area is 227 Å². The van der Waals surface area contributed by atoms with E-state index in [9.17, 15) is 4.79 Å². The number of pyridine rings is 1. The molecule has 0 atom stereocenters. The Bertz CT molecular complexity index is 1500. The van der Waals surface area contributed by atoms with Crippen molar-refractivity contribution in [2.75, 3.05) is 31.2 Å². The van der Waals surface area contributed by atoms with Crippen LogP contribution in [0.3, 0.4) is 0 Å². The van der Waals surface area contributed by atoms with Gasteiger partial charge in [-0.3, -0.25) is 9.48 Å². The highest BCUT2D eigenvalue weighted by Gasteiger charge is 2.26. The van der Waals surface area contributed by atoms with Gasteiger partial charge in [-0.2, -0.15) is 10.2 Å². The lowest BCUT2D eigenvalue weighted by Gasteiger charge is -2.31. The number of aromatic nitrogens is 5. The summed E-state index contributed by atoms with van der Waals surface area (Å²) in [5.74, 6) is 0.794. The lowest BCUT2D eigenvalue weighted by Crippen LogP contribution is -2.37. The zero-order chi connectivity index (χ0) is 26.8. The summed E-state index contributed by atoms with van der Waals surface area (Å²) >= 11 is 0. The molecule has 2 aliphatic rings. The summed E-state index contributed by atoms with van der Waals surface area (Å²) in [5, 5.41) is 9.41. The Morgan fingerprint density at radius 1 is 1.10 bits per heavy atom. The van der Waals surface area contributed by atoms with Crippen molar-refractivity contribution in [3.63, 3.8) is 0 Å². The highest BCUT2D eigenvalue weighted by molar-refractivity contribution is 5.90. The summed E-state index contributed by atoms with van der Waals surface area (Å²) < 4.78 is 14.6. The van der Waals surface area contributed by atoms with Gasteiger partial charge in [0.2, 0.25) is 0 Å². The van der Waals surface area contributed by atoms with Gasteiger partial charge in [-0.05, 0) is 31.6 Å². The molecule has 0 saturated carbocycles. The van der Waals surface area contributed by atoms with Crippen LogP contribution in [0.15, 0.2) is 61.1 Å². The molecule has 1 aromatic carbocycles. The number of carbonyl (C=O) groups excluding carboxylic acids is 1. The van der Waals surface area contributed by atoms with Crippen LogP contribution in [-0.2, 0) is 27.2 Å². The van der Waals surface area contributed by atoms with Crippen LogP contribution in [0.1, 0.15) is 37.1 Å². The van der Waals surface area contributed by atoms with E-state index in [4.69, 9.17) is 19.6 Å². The maximum absolute atomic E-state index is 10.8. The minimum atomic E-state index is -0.531. The van der Waals surface area contributed by atoms with E-state index in [-0.39, 0.29) is 0 Å². The van der Waals surface area contributed by atoms with Crippen molar-refractivity contribution in [2.45, 2.75) is 38.8 Å². The molecule has 1 aliphatic carbocycles. The molecule has 0 unspecified atom stereocenters. The van der Waals surface area contributed by atoms with Gasteiger partial charge in [-0.25, -0.2) is 9.67 Å². The summed E-state index contributed by atoms with van der Waals surface area (Å²) in [7, 11) is 0. The van der Waals surface area contributed by atoms with E-state index in [0.717, 1.165) is 47.8 Å². The number of ether oxygens (including phenoxy) is 2. The number of nitrogens with zero attached hydrogens (tertiary/aromatic N) is 6. The van der Waals surface area contributed by atoms with E-state index in [1.165, 1.54) is 16.8 Å². The van der Waals surface area contributed by atoms with Gasteiger partial charge in [0.1, 0.15) is 5.60 Å². The quantitative estimate of drug-likeness (QED) is 0.300. The summed E-state index contributed by atoms with van der Waals surface area (Å²) in [6.45, 7) is 8.08. The third-order valence-corrected chi connectivity index (χ3v) is 7.36. The Morgan fingerprint density at radius 2 is 1.92 bits per heavy atom. The number of allylic oxidation sites excluding steroid dienone is 1. The molecule has 1 saturated heterocycles. The number of rotatable bonds is 9. The molecule has 0 amide bonds. The monoisotopic (exact) mass is 524 g/mol. The number of morpholine rings is 1. The largest absolute Gasteiger partial charge is 0.462 e. The first kappa shape index (κ1) is 25.1. The van der Waals surface area contributed by atoms with Crippen LogP contribution < -0.4 is 4.90 Å². The molecule has 3 aromatic heterocycles. The molecule has 4 aromatic rings. The number of anilines is 1. The van der Waals surface area contributed by atoms with Gasteiger partial charge in [-0.15, -0.1) is 0 Å². The van der Waals surface area contributed by atoms with E-state index < -0.39 is 5.60 Å². The molecule has 9 heteroatoms. The smallest absolute Gasteiger partial charge is 0.293 e. The normalized spacial score (nSPS) is 15.2. The molecule has 0 radical (unpaired) electrons. The second kappa shape index (κ2) is 10.5. The zero-order valence-corrected chi connectivity index (χ0v) is 22.3. The molecule has 1 aliphatic heterocycles. The fourth-order valence-electron chi connectivity index (χ4n) is 5.10. The number of hydrogen-bond donors (Lipinski definition) is 0. The predicted octanol–water partition coefficient (Wildman–Crippen LogP) is 4.41. The third kappa shape index (κ3) is 5.35. The van der Waals surface area contributed by atoms with E-state index in [0.29, 0.717) is 32.7 Å². The Morgan fingerprint density at radius 3 is 2.72 bits per heavy atom. The van der Waals surface area contributed by atoms with Crippen molar-refractivity contribution in [2.24, 2.45) is 0 Å². The van der Waals surface area contributed by atoms with Crippen LogP contribution in [0.4, 0.5) is 5.69 Å². The van der Waals surface area contributed by atoms with E-state index >= 15 is 0 Å². The van der Waals surface area contributed by atoms with E-state index in [1.54, 1.807) is 0 Å². The molecule has 4 heterocycles. The van der Waals surface area contributed by atoms with Gasteiger partial charge in [0.25, 0.3) is 6.47 Å². The third-order valence-electron chi connectivity index (χ3n) is 7.36. The second-order valence-electron chi connectivity index (χ2n) is 10.5. The van der Waals surface area contributed by atoms with Gasteiger partial charge in [0.15, 0.2) is 5.82 Å². The van der Waals surface area contributed by atoms with Crippen molar-refractivity contribution >= 4 is 23.8 Å². The van der Waals surface area contributed by atoms with Crippen LogP contribution in [0.25, 0.3) is 28.7 Å². The molecule has 1 fully saturated rings. The SMILES string of the molecule is CC(C)(CCn1cc(C2=Cc3nc(-n4ccc(-c5ccccc5)n4)cc(N4CCOCC4)c3C2)cn1)OC=O. The Balaban J connectivity index is 1.30. The maximum atomic E-state index is 10.8. The molecule has 39 heavy (non-hydrogen) atoms. The first-order valence-corrected chi connectivity index (χ1v) is 13.3. The summed E-state index contributed by atoms with van der Waals surface area (Å²) in [6, 6.07) is 14.4. The summed E-state index contributed by atoms with van der Waals surface area (Å²) in [4.78, 5) is 18.2. The van der Waals surface area contributed by atoms with E-state index in [1.807, 2.05) is 59.9 Å². The van der Waals surface area contributed by atoms with Crippen LogP contribution in [0, 0.1) is 0 Å². The first-order valence-electron chi connectivity index (χ1n) is 13.3. The van der Waals surface area contributed by atoms with Crippen LogP contribution in [-0.4, -0.2) is 62.9 Å². The zero-order valence-electron chi connectivity index (χ0n) is 22.3. The van der Waals surface area contributed by atoms with Gasteiger partial charge in [-0.1, -0.05) is 30.3 Å². The van der Waals surface area contributed by atoms with Crippen LogP contribution >= 0.6 is 0 Å². The van der Waals surface area contributed by atoms with Crippen molar-refractivity contribution in [1.82, 2.24) is 24.5 Å². The molecule has 6 rings (SSSR count). The van der Waals surface area contributed by atoms with Gasteiger partial charge >= 0.3 is 0 Å². The summed E-state index contributed by atoms with van der Waals surface area (Å²) in [5.41, 5.74) is 7.08. The highest BCUT2D eigenvalue weighted by atomic mass is 16.5. The number of fused-ring (bicyclic) bond motifs is 1. The lowest BCUT2D eigenvalue weighted by atomic mass is 10.0. The molecular formula is C30H32N6O3. The van der Waals surface area contributed by atoms with Crippen molar-refractivity contribution in [1.29, 1.82) is 0 Å². The average molecular weight is 525 g/mol. The van der Waals surface area contributed by atoms with E-state index in [2.05, 4.69) is 40.5 Å². The van der Waals surface area contributed by atoms with Crippen molar-refractivity contribution < 1.29 is 14.3 Å². The number of benzene rings is 1. The topological polar surface area (TPSA) is 87.3 Å². The Hall–Kier alpha value is -4.24. The molecule has 0 N–H and O–H groups in total. The highest BCUT2D eigenvalue weighted by Crippen LogP contribution is 2.38. The van der Waals surface area contributed by atoms with Gasteiger partial charge < -0.3 is 14.4 Å². The van der Waals surface area contributed by atoms with Gasteiger partial charge in [0.05, 0.1) is 30.8 Å². The predicted molar refractivity (Wildman–Crippen MR) is 149 cm³/mol. The fraction of sp³-hybridized carbons (Fsp3) is 0.333. The molecular weight excluding hydrogens is 492 g/mol. The first-order chi connectivity index (χ1) is 19.0. The number of aryl methyl sites for hydroxylation is 1. The molecule has 0 bridgehead atoms. The minimum Gasteiger partial charge on any atom is -0.462 e. The molecule has 9 nitrogen and oxygen atoms in total. The fourth-order valence-corrected chi connectivity index (χ4v) is 5.10.